The van der Waals surface area contributed by atoms with E-state index in [2.05, 4.69) is 26.0 Å². The van der Waals surface area contributed by atoms with Gasteiger partial charge in [0.1, 0.15) is 17.3 Å². The number of morpholine rings is 1. The summed E-state index contributed by atoms with van der Waals surface area (Å²) in [5.41, 5.74) is 2.33. The zero-order valence-electron chi connectivity index (χ0n) is 19.0. The molecule has 1 fully saturated rings. The van der Waals surface area contributed by atoms with Crippen LogP contribution in [-0.4, -0.2) is 63.1 Å². The number of benzene rings is 1. The van der Waals surface area contributed by atoms with E-state index in [1.807, 2.05) is 25.3 Å². The second-order valence-electron chi connectivity index (χ2n) is 8.34. The fraction of sp³-hybridized carbons (Fsp3) is 0.292. The molecule has 1 unspecified atom stereocenters. The lowest BCUT2D eigenvalue weighted by Gasteiger charge is -2.32. The van der Waals surface area contributed by atoms with Gasteiger partial charge in [-0.3, -0.25) is 0 Å². The molecule has 8 nitrogen and oxygen atoms in total. The Kier molecular flexibility index (Phi) is 6.28. The molecule has 4 heterocycles. The minimum atomic E-state index is -0.756. The Labute approximate surface area is 208 Å². The normalized spacial score (nSPS) is 16.1. The Morgan fingerprint density at radius 2 is 2.06 bits per heavy atom. The fourth-order valence-corrected chi connectivity index (χ4v) is 4.59. The second kappa shape index (κ2) is 9.38. The van der Waals surface area contributed by atoms with Gasteiger partial charge in [-0.2, -0.15) is 5.10 Å². The Hall–Kier alpha value is -3.31. The molecule has 11 heteroatoms. The molecule has 1 atom stereocenters. The molecular formula is C24H22BrF2N5O3. The summed E-state index contributed by atoms with van der Waals surface area (Å²) in [6.45, 7) is 2.96. The molecule has 5 rings (SSSR count). The van der Waals surface area contributed by atoms with E-state index < -0.39 is 23.8 Å². The van der Waals surface area contributed by atoms with E-state index in [1.165, 1.54) is 30.1 Å². The second-order valence-corrected chi connectivity index (χ2v) is 9.26. The third kappa shape index (κ3) is 4.53. The van der Waals surface area contributed by atoms with Crippen LogP contribution in [-0.2, 0) is 15.9 Å². The molecule has 0 N–H and O–H groups in total. The van der Waals surface area contributed by atoms with Gasteiger partial charge in [0.15, 0.2) is 0 Å². The van der Waals surface area contributed by atoms with Crippen molar-refractivity contribution < 1.29 is 23.0 Å². The van der Waals surface area contributed by atoms with E-state index in [4.69, 9.17) is 9.47 Å². The number of hydrogen-bond acceptors (Lipinski definition) is 5. The summed E-state index contributed by atoms with van der Waals surface area (Å²) in [7, 11) is 1.33. The maximum Gasteiger partial charge on any atom is 0.409 e. The number of aromatic nitrogens is 4. The van der Waals surface area contributed by atoms with Crippen molar-refractivity contribution in [1.29, 1.82) is 0 Å². The lowest BCUT2D eigenvalue weighted by Crippen LogP contribution is -2.46. The smallest absolute Gasteiger partial charge is 0.409 e. The van der Waals surface area contributed by atoms with Crippen LogP contribution < -0.4 is 0 Å². The molecule has 1 aromatic carbocycles. The maximum atomic E-state index is 15.4. The third-order valence-corrected chi connectivity index (χ3v) is 6.36. The highest BCUT2D eigenvalue weighted by Crippen LogP contribution is 2.33. The van der Waals surface area contributed by atoms with E-state index in [-0.39, 0.29) is 16.9 Å². The number of aryl methyl sites for hydroxylation is 1. The summed E-state index contributed by atoms with van der Waals surface area (Å²) in [6, 6.07) is 6.21. The van der Waals surface area contributed by atoms with Crippen molar-refractivity contribution in [2.75, 3.05) is 26.8 Å². The number of carbonyl (C=O) groups is 1. The topological polar surface area (TPSA) is 73.9 Å². The number of methoxy groups -OCH3 is 1. The zero-order valence-corrected chi connectivity index (χ0v) is 20.6. The molecule has 182 valence electrons. The molecule has 0 saturated carbocycles. The van der Waals surface area contributed by atoms with E-state index in [0.29, 0.717) is 41.9 Å². The van der Waals surface area contributed by atoms with Gasteiger partial charge in [-0.15, -0.1) is 0 Å². The van der Waals surface area contributed by atoms with Gasteiger partial charge in [0.2, 0.25) is 0 Å². The number of nitrogens with zero attached hydrogens (tertiary/aromatic N) is 5. The summed E-state index contributed by atoms with van der Waals surface area (Å²) in [5.74, 6) is -1.51. The largest absolute Gasteiger partial charge is 0.453 e. The van der Waals surface area contributed by atoms with Crippen molar-refractivity contribution in [2.24, 2.45) is 0 Å². The van der Waals surface area contributed by atoms with E-state index in [9.17, 15) is 4.79 Å². The number of hydrogen-bond donors (Lipinski definition) is 0. The highest BCUT2D eigenvalue weighted by Gasteiger charge is 2.29. The van der Waals surface area contributed by atoms with Crippen molar-refractivity contribution in [3.05, 3.63) is 70.2 Å². The minimum Gasteiger partial charge on any atom is -0.453 e. The molecule has 3 aromatic heterocycles. The average Bonchev–Trinajstić information content (AvgIpc) is 3.41. The van der Waals surface area contributed by atoms with Gasteiger partial charge in [-0.05, 0) is 40.5 Å². The molecule has 0 bridgehead atoms. The number of imidazole rings is 1. The molecule has 1 aliphatic heterocycles. The van der Waals surface area contributed by atoms with Crippen molar-refractivity contribution in [3.8, 4) is 16.9 Å². The van der Waals surface area contributed by atoms with Crippen molar-refractivity contribution in [2.45, 2.75) is 19.4 Å². The van der Waals surface area contributed by atoms with Crippen molar-refractivity contribution in [3.63, 3.8) is 0 Å². The van der Waals surface area contributed by atoms with Crippen LogP contribution in [0.5, 0.6) is 0 Å². The number of fused-ring (bicyclic) bond motifs is 1. The zero-order chi connectivity index (χ0) is 24.7. The number of pyridine rings is 1. The third-order valence-electron chi connectivity index (χ3n) is 5.95. The van der Waals surface area contributed by atoms with E-state index >= 15 is 8.78 Å². The van der Waals surface area contributed by atoms with Crippen molar-refractivity contribution in [1.82, 2.24) is 24.1 Å². The van der Waals surface area contributed by atoms with Crippen LogP contribution in [0.2, 0.25) is 0 Å². The van der Waals surface area contributed by atoms with E-state index in [1.54, 1.807) is 15.5 Å². The van der Waals surface area contributed by atoms with Crippen LogP contribution in [0.4, 0.5) is 13.6 Å². The first kappa shape index (κ1) is 23.4. The molecule has 35 heavy (non-hydrogen) atoms. The maximum absolute atomic E-state index is 15.4. The summed E-state index contributed by atoms with van der Waals surface area (Å²) < 4.78 is 45.4. The van der Waals surface area contributed by atoms with Gasteiger partial charge in [-0.25, -0.2) is 23.2 Å². The molecular weight excluding hydrogens is 524 g/mol. The Morgan fingerprint density at radius 1 is 1.29 bits per heavy atom. The molecule has 1 amide bonds. The molecule has 4 aromatic rings. The first-order valence-electron chi connectivity index (χ1n) is 11.0. The number of halogens is 3. The van der Waals surface area contributed by atoms with Gasteiger partial charge >= 0.3 is 6.09 Å². The summed E-state index contributed by atoms with van der Waals surface area (Å²) >= 11 is 3.29. The lowest BCUT2D eigenvalue weighted by atomic mass is 10.0. The van der Waals surface area contributed by atoms with Gasteiger partial charge in [0, 0.05) is 37.5 Å². The Morgan fingerprint density at radius 3 is 2.74 bits per heavy atom. The average molecular weight is 546 g/mol. The van der Waals surface area contributed by atoms with Crippen LogP contribution in [0, 0.1) is 18.6 Å². The summed E-state index contributed by atoms with van der Waals surface area (Å²) in [5, 5.41) is 4.10. The molecule has 0 spiro atoms. The predicted octanol–water partition coefficient (Wildman–Crippen LogP) is 4.55. The fourth-order valence-electron chi connectivity index (χ4n) is 4.31. The van der Waals surface area contributed by atoms with Gasteiger partial charge in [-0.1, -0.05) is 0 Å². The van der Waals surface area contributed by atoms with Crippen LogP contribution in [0.3, 0.4) is 0 Å². The molecule has 0 radical (unpaired) electrons. The minimum absolute atomic E-state index is 0.192. The Balaban J connectivity index is 1.58. The number of amides is 1. The lowest BCUT2D eigenvalue weighted by molar-refractivity contribution is -0.0241. The van der Waals surface area contributed by atoms with Crippen LogP contribution in [0.15, 0.2) is 47.3 Å². The predicted molar refractivity (Wildman–Crippen MR) is 128 cm³/mol. The highest BCUT2D eigenvalue weighted by molar-refractivity contribution is 9.10. The van der Waals surface area contributed by atoms with Crippen LogP contribution in [0.25, 0.3) is 22.6 Å². The number of ether oxygens (including phenoxy) is 2. The number of carbonyl (C=O) groups excluding carboxylic acids is 1. The first-order valence-corrected chi connectivity index (χ1v) is 11.8. The van der Waals surface area contributed by atoms with Gasteiger partial charge in [0.25, 0.3) is 0 Å². The standard InChI is InChI=1S/C24H22BrF2N5O3/c1-14-3-4-31-20(10-17-13-30(5-6-35-17)24(33)34-2)23(29-21(31)7-14)22-18(26)8-16(9-19(22)27)32-12-15(25)11-28-32/h3-4,7-9,11-12,17H,5-6,10,13H2,1-2H3. The monoisotopic (exact) mass is 545 g/mol. The molecule has 1 aliphatic rings. The SMILES string of the molecule is COC(=O)N1CCOC(Cc2c(-c3c(F)cc(-n4cc(Br)cn4)cc3F)nc3cc(C)ccn23)C1. The highest BCUT2D eigenvalue weighted by atomic mass is 79.9. The van der Waals surface area contributed by atoms with Crippen molar-refractivity contribution >= 4 is 27.7 Å². The van der Waals surface area contributed by atoms with Crippen LogP contribution >= 0.6 is 15.9 Å². The summed E-state index contributed by atoms with van der Waals surface area (Å²) in [4.78, 5) is 18.2. The van der Waals surface area contributed by atoms with Gasteiger partial charge < -0.3 is 18.8 Å². The molecule has 1 saturated heterocycles. The Bertz CT molecular complexity index is 1400. The van der Waals surface area contributed by atoms with Gasteiger partial charge in [0.05, 0.1) is 59.7 Å². The first-order chi connectivity index (χ1) is 16.8. The number of rotatable bonds is 4. The van der Waals surface area contributed by atoms with E-state index in [0.717, 1.165) is 5.56 Å². The van der Waals surface area contributed by atoms with Crippen LogP contribution in [0.1, 0.15) is 11.3 Å². The molecule has 0 aliphatic carbocycles. The summed E-state index contributed by atoms with van der Waals surface area (Å²) in [6.07, 6.45) is 4.43. The quantitative estimate of drug-likeness (QED) is 0.376.